The lowest BCUT2D eigenvalue weighted by Gasteiger charge is -2.18. The smallest absolute Gasteiger partial charge is 0.243 e. The quantitative estimate of drug-likeness (QED) is 0.880. The highest BCUT2D eigenvalue weighted by molar-refractivity contribution is 7.89. The first-order valence-electron chi connectivity index (χ1n) is 7.46. The van der Waals surface area contributed by atoms with Crippen LogP contribution in [0, 0.1) is 6.92 Å². The summed E-state index contributed by atoms with van der Waals surface area (Å²) in [5.74, 6) is 0.00506. The van der Waals surface area contributed by atoms with Crippen molar-refractivity contribution in [3.05, 3.63) is 64.7 Å². The van der Waals surface area contributed by atoms with E-state index >= 15 is 0 Å². The van der Waals surface area contributed by atoms with Crippen molar-refractivity contribution in [3.8, 4) is 0 Å². The Bertz CT molecular complexity index is 813. The minimum Gasteiger partial charge on any atom is -0.326 e. The van der Waals surface area contributed by atoms with Gasteiger partial charge in [-0.2, -0.15) is 4.31 Å². The molecular weight excluding hydrogens is 367 g/mol. The highest BCUT2D eigenvalue weighted by Gasteiger charge is 2.38. The van der Waals surface area contributed by atoms with Gasteiger partial charge in [0.2, 0.25) is 10.0 Å². The molecule has 1 heterocycles. The Kier molecular flexibility index (Phi) is 5.94. The molecular formula is C17H20Cl2N2O2S. The van der Waals surface area contributed by atoms with Crippen molar-refractivity contribution >= 4 is 34.0 Å². The molecule has 0 amide bonds. The lowest BCUT2D eigenvalue weighted by atomic mass is 9.95. The number of benzene rings is 2. The Hall–Kier alpha value is -1.11. The molecule has 0 aromatic heterocycles. The fourth-order valence-corrected chi connectivity index (χ4v) is 5.02. The van der Waals surface area contributed by atoms with Crippen molar-refractivity contribution < 1.29 is 8.42 Å². The first-order chi connectivity index (χ1) is 10.9. The summed E-state index contributed by atoms with van der Waals surface area (Å²) < 4.78 is 27.3. The first-order valence-corrected chi connectivity index (χ1v) is 9.28. The summed E-state index contributed by atoms with van der Waals surface area (Å²) in [7, 11) is -3.60. The van der Waals surface area contributed by atoms with Gasteiger partial charge in [-0.1, -0.05) is 48.0 Å². The average molecular weight is 387 g/mol. The van der Waals surface area contributed by atoms with E-state index in [1.54, 1.807) is 19.1 Å². The molecule has 0 radical (unpaired) electrons. The van der Waals surface area contributed by atoms with Gasteiger partial charge in [0.1, 0.15) is 0 Å². The Morgan fingerprint density at radius 3 is 2.46 bits per heavy atom. The van der Waals surface area contributed by atoms with Gasteiger partial charge in [-0.15, -0.1) is 12.4 Å². The maximum absolute atomic E-state index is 12.9. The minimum atomic E-state index is -3.60. The monoisotopic (exact) mass is 386 g/mol. The van der Waals surface area contributed by atoms with Crippen molar-refractivity contribution in [1.29, 1.82) is 0 Å². The molecule has 0 bridgehead atoms. The van der Waals surface area contributed by atoms with Crippen LogP contribution in [0.4, 0.5) is 0 Å². The van der Waals surface area contributed by atoms with Gasteiger partial charge in [0.15, 0.2) is 0 Å². The minimum absolute atomic E-state index is 0. The molecule has 0 unspecified atom stereocenters. The molecule has 3 rings (SSSR count). The molecule has 24 heavy (non-hydrogen) atoms. The number of aryl methyl sites for hydroxylation is 1. The van der Waals surface area contributed by atoms with E-state index in [-0.39, 0.29) is 29.3 Å². The van der Waals surface area contributed by atoms with Crippen molar-refractivity contribution in [2.24, 2.45) is 5.73 Å². The molecule has 2 N–H and O–H groups in total. The third kappa shape index (κ3) is 3.60. The van der Waals surface area contributed by atoms with Crippen LogP contribution in [0.1, 0.15) is 17.0 Å². The number of halogens is 2. The summed E-state index contributed by atoms with van der Waals surface area (Å²) in [5.41, 5.74) is 7.97. The zero-order valence-electron chi connectivity index (χ0n) is 13.2. The number of hydrogen-bond donors (Lipinski definition) is 1. The van der Waals surface area contributed by atoms with Crippen molar-refractivity contribution in [2.45, 2.75) is 23.8 Å². The highest BCUT2D eigenvalue weighted by atomic mass is 35.5. The van der Waals surface area contributed by atoms with E-state index in [1.807, 2.05) is 30.3 Å². The van der Waals surface area contributed by atoms with Crippen LogP contribution in [0.3, 0.4) is 0 Å². The summed E-state index contributed by atoms with van der Waals surface area (Å²) in [6, 6.07) is 14.5. The van der Waals surface area contributed by atoms with Crippen LogP contribution in [-0.4, -0.2) is 31.9 Å². The number of hydrogen-bond acceptors (Lipinski definition) is 3. The molecule has 2 atom stereocenters. The van der Waals surface area contributed by atoms with E-state index in [4.69, 9.17) is 17.3 Å². The van der Waals surface area contributed by atoms with Gasteiger partial charge >= 0.3 is 0 Å². The summed E-state index contributed by atoms with van der Waals surface area (Å²) in [4.78, 5) is 0.255. The molecule has 1 aliphatic rings. The number of sulfonamides is 1. The Morgan fingerprint density at radius 2 is 1.79 bits per heavy atom. The van der Waals surface area contributed by atoms with E-state index < -0.39 is 10.0 Å². The maximum atomic E-state index is 12.9. The van der Waals surface area contributed by atoms with Gasteiger partial charge in [-0.25, -0.2) is 8.42 Å². The van der Waals surface area contributed by atoms with Crippen LogP contribution in [0.25, 0.3) is 0 Å². The largest absolute Gasteiger partial charge is 0.326 e. The standard InChI is InChI=1S/C17H19ClN2O2S.ClH/c1-12-7-8-14(18)9-17(12)23(21,22)20-10-15(16(19)11-20)13-5-3-2-4-6-13;/h2-9,15-16H,10-11,19H2,1H3;1H/t15-,16+;/m0./s1. The lowest BCUT2D eigenvalue weighted by molar-refractivity contribution is 0.469. The van der Waals surface area contributed by atoms with Crippen LogP contribution in [0.15, 0.2) is 53.4 Å². The summed E-state index contributed by atoms with van der Waals surface area (Å²) in [6.07, 6.45) is 0. The van der Waals surface area contributed by atoms with Crippen LogP contribution < -0.4 is 5.73 Å². The molecule has 1 fully saturated rings. The maximum Gasteiger partial charge on any atom is 0.243 e. The second-order valence-corrected chi connectivity index (χ2v) is 8.26. The van der Waals surface area contributed by atoms with Crippen LogP contribution in [-0.2, 0) is 10.0 Å². The predicted octanol–water partition coefficient (Wildman–Crippen LogP) is 3.19. The van der Waals surface area contributed by atoms with Crippen LogP contribution >= 0.6 is 24.0 Å². The molecule has 4 nitrogen and oxygen atoms in total. The SMILES string of the molecule is Cc1ccc(Cl)cc1S(=O)(=O)N1C[C@@H](N)[C@H](c2ccccc2)C1.Cl. The van der Waals surface area contributed by atoms with E-state index in [0.29, 0.717) is 23.7 Å². The number of nitrogens with two attached hydrogens (primary N) is 1. The molecule has 1 saturated heterocycles. The molecule has 0 spiro atoms. The third-order valence-electron chi connectivity index (χ3n) is 4.33. The first kappa shape index (κ1) is 19.2. The van der Waals surface area contributed by atoms with E-state index in [0.717, 1.165) is 5.56 Å². The Labute approximate surface area is 154 Å². The lowest BCUT2D eigenvalue weighted by Crippen LogP contribution is -2.32. The van der Waals surface area contributed by atoms with E-state index in [1.165, 1.54) is 10.4 Å². The summed E-state index contributed by atoms with van der Waals surface area (Å²) in [5, 5.41) is 0.414. The molecule has 2 aromatic rings. The number of rotatable bonds is 3. The fourth-order valence-electron chi connectivity index (χ4n) is 3.03. The average Bonchev–Trinajstić information content (AvgIpc) is 2.93. The van der Waals surface area contributed by atoms with Gasteiger partial charge in [-0.05, 0) is 30.2 Å². The molecule has 130 valence electrons. The van der Waals surface area contributed by atoms with E-state index in [2.05, 4.69) is 0 Å². The molecule has 2 aromatic carbocycles. The molecule has 0 aliphatic carbocycles. The summed E-state index contributed by atoms with van der Waals surface area (Å²) in [6.45, 7) is 2.47. The topological polar surface area (TPSA) is 63.4 Å². The van der Waals surface area contributed by atoms with Gasteiger partial charge in [0.05, 0.1) is 4.90 Å². The molecule has 0 saturated carbocycles. The van der Waals surface area contributed by atoms with E-state index in [9.17, 15) is 8.42 Å². The molecule has 1 aliphatic heterocycles. The van der Waals surface area contributed by atoms with Gasteiger partial charge < -0.3 is 5.73 Å². The second kappa shape index (κ2) is 7.42. The fraction of sp³-hybridized carbons (Fsp3) is 0.294. The van der Waals surface area contributed by atoms with Gasteiger partial charge in [0.25, 0.3) is 0 Å². The Morgan fingerprint density at radius 1 is 1.12 bits per heavy atom. The third-order valence-corrected chi connectivity index (χ3v) is 6.54. The van der Waals surface area contributed by atoms with Crippen molar-refractivity contribution in [3.63, 3.8) is 0 Å². The van der Waals surface area contributed by atoms with Crippen LogP contribution in [0.2, 0.25) is 5.02 Å². The zero-order chi connectivity index (χ0) is 16.6. The van der Waals surface area contributed by atoms with Crippen molar-refractivity contribution in [1.82, 2.24) is 4.31 Å². The second-order valence-electron chi connectivity index (χ2n) is 5.91. The molecule has 7 heteroatoms. The van der Waals surface area contributed by atoms with Gasteiger partial charge in [0, 0.05) is 30.1 Å². The number of nitrogens with zero attached hydrogens (tertiary/aromatic N) is 1. The van der Waals surface area contributed by atoms with Crippen molar-refractivity contribution in [2.75, 3.05) is 13.1 Å². The zero-order valence-corrected chi connectivity index (χ0v) is 15.6. The normalized spacial score (nSPS) is 21.5. The summed E-state index contributed by atoms with van der Waals surface area (Å²) >= 11 is 5.98. The van der Waals surface area contributed by atoms with Gasteiger partial charge in [-0.3, -0.25) is 0 Å². The highest BCUT2D eigenvalue weighted by Crippen LogP contribution is 2.32. The van der Waals surface area contributed by atoms with Crippen LogP contribution in [0.5, 0.6) is 0 Å². The predicted molar refractivity (Wildman–Crippen MR) is 99.4 cm³/mol. The Balaban J connectivity index is 0.00000208.